The Labute approximate surface area is 186 Å². The van der Waals surface area contributed by atoms with Gasteiger partial charge >= 0.3 is 0 Å². The lowest BCUT2D eigenvalue weighted by Gasteiger charge is -2.26. The second kappa shape index (κ2) is 10.9. The van der Waals surface area contributed by atoms with Crippen LogP contribution in [0.4, 0.5) is 10.1 Å². The highest BCUT2D eigenvalue weighted by atomic mass is 19.1. The molecule has 32 heavy (non-hydrogen) atoms. The summed E-state index contributed by atoms with van der Waals surface area (Å²) >= 11 is 0. The Kier molecular flexibility index (Phi) is 7.94. The van der Waals surface area contributed by atoms with E-state index in [0.29, 0.717) is 32.0 Å². The highest BCUT2D eigenvalue weighted by molar-refractivity contribution is 6.01. The van der Waals surface area contributed by atoms with Crippen molar-refractivity contribution in [3.63, 3.8) is 0 Å². The number of rotatable bonds is 7. The number of benzene rings is 2. The zero-order chi connectivity index (χ0) is 23.1. The third kappa shape index (κ3) is 6.37. The van der Waals surface area contributed by atoms with Gasteiger partial charge in [0, 0.05) is 24.3 Å². The molecule has 2 N–H and O–H groups in total. The van der Waals surface area contributed by atoms with Gasteiger partial charge in [0.1, 0.15) is 11.9 Å². The van der Waals surface area contributed by atoms with Crippen molar-refractivity contribution in [2.75, 3.05) is 31.6 Å². The highest BCUT2D eigenvalue weighted by Gasteiger charge is 2.25. The summed E-state index contributed by atoms with van der Waals surface area (Å²) in [6, 6.07) is 11.4. The predicted octanol–water partition coefficient (Wildman–Crippen LogP) is 2.62. The lowest BCUT2D eigenvalue weighted by molar-refractivity contribution is -0.134. The molecule has 0 aromatic heterocycles. The molecular formula is C24H28FN3O4. The van der Waals surface area contributed by atoms with Crippen LogP contribution in [0.1, 0.15) is 29.8 Å². The predicted molar refractivity (Wildman–Crippen MR) is 119 cm³/mol. The van der Waals surface area contributed by atoms with Crippen LogP contribution in [0.5, 0.6) is 0 Å². The molecule has 0 aliphatic carbocycles. The molecule has 2 aromatic rings. The third-order valence-electron chi connectivity index (χ3n) is 5.28. The number of morpholine rings is 1. The lowest BCUT2D eigenvalue weighted by Crippen LogP contribution is -2.47. The molecule has 1 aliphatic rings. The van der Waals surface area contributed by atoms with E-state index in [1.54, 1.807) is 29.2 Å². The Morgan fingerprint density at radius 1 is 1.00 bits per heavy atom. The Morgan fingerprint density at radius 3 is 2.22 bits per heavy atom. The monoisotopic (exact) mass is 441 g/mol. The van der Waals surface area contributed by atoms with Crippen molar-refractivity contribution in [3.8, 4) is 0 Å². The van der Waals surface area contributed by atoms with Crippen LogP contribution in [0.2, 0.25) is 0 Å². The fraction of sp³-hybridized carbons (Fsp3) is 0.375. The smallest absolute Gasteiger partial charge is 0.251 e. The maximum atomic E-state index is 13.1. The zero-order valence-corrected chi connectivity index (χ0v) is 18.3. The van der Waals surface area contributed by atoms with Crippen molar-refractivity contribution >= 4 is 23.4 Å². The number of amides is 3. The minimum absolute atomic E-state index is 0.0495. The summed E-state index contributed by atoms with van der Waals surface area (Å²) in [5.41, 5.74) is 1.70. The SMILES string of the molecule is CC(C)C(NC(=O)c1ccc(F)cc1)C(=O)Nc1ccc(CC(=O)N2CCOCC2)cc1. The van der Waals surface area contributed by atoms with E-state index < -0.39 is 17.8 Å². The molecule has 8 heteroatoms. The number of hydrogen-bond donors (Lipinski definition) is 2. The lowest BCUT2D eigenvalue weighted by atomic mass is 10.0. The Bertz CT molecular complexity index is 939. The van der Waals surface area contributed by atoms with Crippen LogP contribution in [0.15, 0.2) is 48.5 Å². The van der Waals surface area contributed by atoms with E-state index in [1.165, 1.54) is 24.3 Å². The van der Waals surface area contributed by atoms with Gasteiger partial charge in [0.25, 0.3) is 5.91 Å². The van der Waals surface area contributed by atoms with Gasteiger partial charge in [-0.15, -0.1) is 0 Å². The standard InChI is InChI=1S/C24H28FN3O4/c1-16(2)22(27-23(30)18-5-7-19(25)8-6-18)24(31)26-20-9-3-17(4-10-20)15-21(29)28-11-13-32-14-12-28/h3-10,16,22H,11-15H2,1-2H3,(H,26,31)(H,27,30). The number of ether oxygens (including phenoxy) is 1. The zero-order valence-electron chi connectivity index (χ0n) is 18.3. The first-order valence-electron chi connectivity index (χ1n) is 10.6. The van der Waals surface area contributed by atoms with Crippen LogP contribution < -0.4 is 10.6 Å². The minimum atomic E-state index is -0.768. The average molecular weight is 442 g/mol. The molecule has 3 rings (SSSR count). The molecule has 0 saturated carbocycles. The summed E-state index contributed by atoms with van der Waals surface area (Å²) < 4.78 is 18.3. The maximum Gasteiger partial charge on any atom is 0.251 e. The van der Waals surface area contributed by atoms with Gasteiger partial charge in [-0.3, -0.25) is 14.4 Å². The molecule has 1 atom stereocenters. The summed E-state index contributed by atoms with van der Waals surface area (Å²) in [5, 5.41) is 5.52. The Hall–Kier alpha value is -3.26. The molecule has 0 radical (unpaired) electrons. The van der Waals surface area contributed by atoms with Gasteiger partial charge in [-0.2, -0.15) is 0 Å². The molecule has 1 fully saturated rings. The molecule has 170 valence electrons. The maximum absolute atomic E-state index is 13.1. The number of nitrogens with one attached hydrogen (secondary N) is 2. The third-order valence-corrected chi connectivity index (χ3v) is 5.28. The van der Waals surface area contributed by atoms with Crippen LogP contribution in [-0.2, 0) is 20.7 Å². The Morgan fingerprint density at radius 2 is 1.62 bits per heavy atom. The van der Waals surface area contributed by atoms with Crippen LogP contribution in [-0.4, -0.2) is 55.0 Å². The molecule has 1 aliphatic heterocycles. The van der Waals surface area contributed by atoms with Crippen LogP contribution in [0, 0.1) is 11.7 Å². The van der Waals surface area contributed by atoms with Crippen LogP contribution in [0.25, 0.3) is 0 Å². The fourth-order valence-electron chi connectivity index (χ4n) is 3.39. The van der Waals surface area contributed by atoms with E-state index in [-0.39, 0.29) is 29.7 Å². The van der Waals surface area contributed by atoms with E-state index in [0.717, 1.165) is 5.56 Å². The van der Waals surface area contributed by atoms with Crippen molar-refractivity contribution in [3.05, 3.63) is 65.5 Å². The molecule has 1 unspecified atom stereocenters. The number of anilines is 1. The quantitative estimate of drug-likeness (QED) is 0.692. The van der Waals surface area contributed by atoms with Gasteiger partial charge in [0.2, 0.25) is 11.8 Å². The first-order chi connectivity index (χ1) is 15.3. The summed E-state index contributed by atoms with van der Waals surface area (Å²) in [7, 11) is 0. The van der Waals surface area contributed by atoms with Gasteiger partial charge in [-0.25, -0.2) is 4.39 Å². The fourth-order valence-corrected chi connectivity index (χ4v) is 3.39. The van der Waals surface area contributed by atoms with Crippen molar-refractivity contribution in [1.82, 2.24) is 10.2 Å². The van der Waals surface area contributed by atoms with Crippen LogP contribution >= 0.6 is 0 Å². The van der Waals surface area contributed by atoms with E-state index in [9.17, 15) is 18.8 Å². The average Bonchev–Trinajstić information content (AvgIpc) is 2.79. The van der Waals surface area contributed by atoms with Gasteiger partial charge < -0.3 is 20.3 Å². The first kappa shape index (κ1) is 23.4. The summed E-state index contributed by atoms with van der Waals surface area (Å²) in [6.07, 6.45) is 0.288. The second-order valence-corrected chi connectivity index (χ2v) is 8.06. The van der Waals surface area contributed by atoms with Crippen molar-refractivity contribution in [2.24, 2.45) is 5.92 Å². The van der Waals surface area contributed by atoms with Crippen molar-refractivity contribution < 1.29 is 23.5 Å². The van der Waals surface area contributed by atoms with Crippen molar-refractivity contribution in [2.45, 2.75) is 26.3 Å². The molecule has 1 heterocycles. The highest BCUT2D eigenvalue weighted by Crippen LogP contribution is 2.14. The molecule has 1 saturated heterocycles. The number of nitrogens with zero attached hydrogens (tertiary/aromatic N) is 1. The van der Waals surface area contributed by atoms with Gasteiger partial charge in [0.15, 0.2) is 0 Å². The molecule has 0 spiro atoms. The number of carbonyl (C=O) groups excluding carboxylic acids is 3. The molecular weight excluding hydrogens is 413 g/mol. The molecule has 0 bridgehead atoms. The molecule has 7 nitrogen and oxygen atoms in total. The van der Waals surface area contributed by atoms with Crippen molar-refractivity contribution in [1.29, 1.82) is 0 Å². The summed E-state index contributed by atoms with van der Waals surface area (Å²) in [5.74, 6) is -1.35. The summed E-state index contributed by atoms with van der Waals surface area (Å²) in [6.45, 7) is 5.99. The van der Waals surface area contributed by atoms with E-state index in [4.69, 9.17) is 4.74 Å². The number of carbonyl (C=O) groups is 3. The van der Waals surface area contributed by atoms with Crippen LogP contribution in [0.3, 0.4) is 0 Å². The topological polar surface area (TPSA) is 87.7 Å². The minimum Gasteiger partial charge on any atom is -0.378 e. The summed E-state index contributed by atoms with van der Waals surface area (Å²) in [4.78, 5) is 39.4. The van der Waals surface area contributed by atoms with E-state index in [1.807, 2.05) is 13.8 Å². The largest absolute Gasteiger partial charge is 0.378 e. The van der Waals surface area contributed by atoms with E-state index >= 15 is 0 Å². The normalized spacial score (nSPS) is 14.7. The Balaban J connectivity index is 1.58. The first-order valence-corrected chi connectivity index (χ1v) is 10.6. The second-order valence-electron chi connectivity index (χ2n) is 8.06. The van der Waals surface area contributed by atoms with E-state index in [2.05, 4.69) is 10.6 Å². The van der Waals surface area contributed by atoms with Gasteiger partial charge in [-0.05, 0) is 47.9 Å². The molecule has 3 amide bonds. The number of halogens is 1. The number of hydrogen-bond acceptors (Lipinski definition) is 4. The van der Waals surface area contributed by atoms with Gasteiger partial charge in [0.05, 0.1) is 19.6 Å². The van der Waals surface area contributed by atoms with Gasteiger partial charge in [-0.1, -0.05) is 26.0 Å². The molecule has 2 aromatic carbocycles.